The van der Waals surface area contributed by atoms with Gasteiger partial charge in [0.25, 0.3) is 0 Å². The average Bonchev–Trinajstić information content (AvgIpc) is 2.97. The van der Waals surface area contributed by atoms with Crippen LogP contribution in [0.1, 0.15) is 10.9 Å². The number of amides is 2. The Hall–Kier alpha value is -2.07. The summed E-state index contributed by atoms with van der Waals surface area (Å²) in [6.45, 7) is 0. The van der Waals surface area contributed by atoms with Crippen LogP contribution in [0.15, 0.2) is 17.5 Å². The van der Waals surface area contributed by atoms with Crippen LogP contribution in [0.5, 0.6) is 0 Å². The Morgan fingerprint density at radius 3 is 2.83 bits per heavy atom. The minimum atomic E-state index is -1.14. The van der Waals surface area contributed by atoms with Crippen molar-refractivity contribution in [3.63, 3.8) is 0 Å². The van der Waals surface area contributed by atoms with Gasteiger partial charge in [0.15, 0.2) is 6.04 Å². The fraction of sp³-hybridized carbons (Fsp3) is 0.125. The number of urea groups is 1. The van der Waals surface area contributed by atoms with E-state index in [1.165, 1.54) is 11.3 Å². The molecule has 0 aliphatic carbocycles. The maximum Gasteiger partial charge on any atom is 0.331 e. The van der Waals surface area contributed by atoms with Crippen molar-refractivity contribution in [3.05, 3.63) is 22.4 Å². The second kappa shape index (κ2) is 5.51. The van der Waals surface area contributed by atoms with Gasteiger partial charge in [0.2, 0.25) is 5.13 Å². The van der Waals surface area contributed by atoms with E-state index in [9.17, 15) is 9.59 Å². The summed E-state index contributed by atoms with van der Waals surface area (Å²) in [6, 6.07) is 1.58. The van der Waals surface area contributed by atoms with Crippen molar-refractivity contribution >= 4 is 40.0 Å². The van der Waals surface area contributed by atoms with Crippen LogP contribution >= 0.6 is 22.9 Å². The van der Waals surface area contributed by atoms with Gasteiger partial charge in [-0.05, 0) is 16.7 Å². The highest BCUT2D eigenvalue weighted by molar-refractivity contribution is 7.10. The summed E-state index contributed by atoms with van der Waals surface area (Å²) >= 11 is 2.14. The lowest BCUT2D eigenvalue weighted by Crippen LogP contribution is -2.36. The lowest BCUT2D eigenvalue weighted by atomic mass is 10.2. The zero-order valence-corrected chi connectivity index (χ0v) is 10.4. The smallest absolute Gasteiger partial charge is 0.331 e. The number of thiophene rings is 1. The highest BCUT2D eigenvalue weighted by Crippen LogP contribution is 2.19. The number of carbonyl (C=O) groups excluding carboxylic acids is 1. The zero-order valence-electron chi connectivity index (χ0n) is 8.73. The van der Waals surface area contributed by atoms with Gasteiger partial charge in [-0.3, -0.25) is 5.32 Å². The molecular formula is C8H7N5O3S2. The summed E-state index contributed by atoms with van der Waals surface area (Å²) in [7, 11) is 0. The Morgan fingerprint density at radius 1 is 1.44 bits per heavy atom. The predicted molar refractivity (Wildman–Crippen MR) is 64.6 cm³/mol. The number of nitrogens with one attached hydrogen (secondary N) is 2. The first kappa shape index (κ1) is 12.4. The van der Waals surface area contributed by atoms with Crippen molar-refractivity contribution in [2.75, 3.05) is 5.32 Å². The average molecular weight is 285 g/mol. The van der Waals surface area contributed by atoms with Crippen molar-refractivity contribution in [3.8, 4) is 0 Å². The summed E-state index contributed by atoms with van der Waals surface area (Å²) < 4.78 is 3.46. The summed E-state index contributed by atoms with van der Waals surface area (Å²) in [4.78, 5) is 23.1. The van der Waals surface area contributed by atoms with Gasteiger partial charge in [-0.15, -0.1) is 11.3 Å². The van der Waals surface area contributed by atoms with Gasteiger partial charge in [-0.1, -0.05) is 15.7 Å². The number of nitrogens with zero attached hydrogens (tertiary/aromatic N) is 3. The van der Waals surface area contributed by atoms with Crippen LogP contribution in [0.4, 0.5) is 9.93 Å². The lowest BCUT2D eigenvalue weighted by molar-refractivity contribution is -0.139. The molecule has 10 heteroatoms. The molecule has 2 aromatic heterocycles. The lowest BCUT2D eigenvalue weighted by Gasteiger charge is -2.12. The molecule has 1 unspecified atom stereocenters. The van der Waals surface area contributed by atoms with Gasteiger partial charge in [0.05, 0.1) is 0 Å². The highest BCUT2D eigenvalue weighted by atomic mass is 32.1. The van der Waals surface area contributed by atoms with Crippen LogP contribution < -0.4 is 10.6 Å². The van der Waals surface area contributed by atoms with E-state index in [1.807, 2.05) is 0 Å². The molecule has 0 aromatic carbocycles. The summed E-state index contributed by atoms with van der Waals surface area (Å²) in [5.74, 6) is -1.14. The van der Waals surface area contributed by atoms with Gasteiger partial charge in [0.1, 0.15) is 0 Å². The first-order chi connectivity index (χ1) is 8.66. The number of hydrogen-bond acceptors (Lipinski definition) is 7. The number of anilines is 1. The van der Waals surface area contributed by atoms with Crippen LogP contribution in [0.2, 0.25) is 0 Å². The molecule has 0 bridgehead atoms. The molecule has 2 amide bonds. The van der Waals surface area contributed by atoms with Crippen LogP contribution in [-0.2, 0) is 4.79 Å². The Bertz CT molecular complexity index is 527. The third kappa shape index (κ3) is 2.99. The molecule has 0 aliphatic rings. The number of aromatic nitrogens is 3. The molecule has 0 spiro atoms. The number of carbonyl (C=O) groups is 2. The molecule has 0 radical (unpaired) electrons. The summed E-state index contributed by atoms with van der Waals surface area (Å²) in [6.07, 6.45) is 0. The molecule has 18 heavy (non-hydrogen) atoms. The SMILES string of the molecule is O=C(Nc1nnns1)NC(C(=O)O)c1cccs1. The van der Waals surface area contributed by atoms with E-state index >= 15 is 0 Å². The minimum absolute atomic E-state index is 0.197. The zero-order chi connectivity index (χ0) is 13.0. The molecule has 0 aliphatic heterocycles. The largest absolute Gasteiger partial charge is 0.479 e. The first-order valence-corrected chi connectivity index (χ1v) is 6.31. The van der Waals surface area contributed by atoms with E-state index in [1.54, 1.807) is 17.5 Å². The summed E-state index contributed by atoms with van der Waals surface area (Å²) in [5.41, 5.74) is 0. The number of rotatable bonds is 4. The molecule has 2 rings (SSSR count). The Kier molecular flexibility index (Phi) is 3.79. The van der Waals surface area contributed by atoms with Gasteiger partial charge in [-0.2, -0.15) is 0 Å². The van der Waals surface area contributed by atoms with E-state index < -0.39 is 18.0 Å². The van der Waals surface area contributed by atoms with Crippen molar-refractivity contribution in [1.82, 2.24) is 20.1 Å². The number of carboxylic acid groups (broad SMARTS) is 1. The molecule has 0 saturated carbocycles. The van der Waals surface area contributed by atoms with E-state index in [0.717, 1.165) is 11.5 Å². The first-order valence-electron chi connectivity index (χ1n) is 4.65. The number of aliphatic carboxylic acids is 1. The Balaban J connectivity index is 2.01. The van der Waals surface area contributed by atoms with Crippen LogP contribution in [0, 0.1) is 0 Å². The maximum absolute atomic E-state index is 11.6. The standard InChI is InChI=1S/C8H7N5O3S2/c14-6(15)5(4-2-1-3-17-4)9-7(16)10-8-11-12-13-18-8/h1-3,5H,(H,14,15)(H2,9,10,11,13,16). The van der Waals surface area contributed by atoms with Crippen LogP contribution in [0.25, 0.3) is 0 Å². The van der Waals surface area contributed by atoms with Crippen LogP contribution in [0.3, 0.4) is 0 Å². The third-order valence-electron chi connectivity index (χ3n) is 1.87. The van der Waals surface area contributed by atoms with Crippen LogP contribution in [-0.4, -0.2) is 31.9 Å². The Morgan fingerprint density at radius 2 is 2.28 bits per heavy atom. The number of hydrogen-bond donors (Lipinski definition) is 3. The van der Waals surface area contributed by atoms with E-state index in [0.29, 0.717) is 4.88 Å². The summed E-state index contributed by atoms with van der Waals surface area (Å²) in [5, 5.41) is 22.5. The minimum Gasteiger partial charge on any atom is -0.479 e. The molecule has 0 fully saturated rings. The topological polar surface area (TPSA) is 117 Å². The second-order valence-electron chi connectivity index (χ2n) is 3.05. The normalized spacial score (nSPS) is 11.8. The maximum atomic E-state index is 11.6. The van der Waals surface area contributed by atoms with Crippen molar-refractivity contribution in [2.24, 2.45) is 0 Å². The van der Waals surface area contributed by atoms with Gasteiger partial charge < -0.3 is 10.4 Å². The van der Waals surface area contributed by atoms with E-state index in [2.05, 4.69) is 25.4 Å². The quantitative estimate of drug-likeness (QED) is 0.769. The van der Waals surface area contributed by atoms with E-state index in [4.69, 9.17) is 5.11 Å². The molecule has 2 aromatic rings. The van der Waals surface area contributed by atoms with Gasteiger partial charge >= 0.3 is 12.0 Å². The van der Waals surface area contributed by atoms with E-state index in [-0.39, 0.29) is 5.13 Å². The molecule has 94 valence electrons. The Labute approximate surface area is 109 Å². The van der Waals surface area contributed by atoms with Crippen molar-refractivity contribution in [2.45, 2.75) is 6.04 Å². The molecule has 1 atom stereocenters. The number of carboxylic acids is 1. The molecule has 0 saturated heterocycles. The highest BCUT2D eigenvalue weighted by Gasteiger charge is 2.23. The fourth-order valence-electron chi connectivity index (χ4n) is 1.16. The van der Waals surface area contributed by atoms with Crippen molar-refractivity contribution in [1.29, 1.82) is 0 Å². The molecule has 3 N–H and O–H groups in total. The second-order valence-corrected chi connectivity index (χ2v) is 4.76. The molecular weight excluding hydrogens is 278 g/mol. The fourth-order valence-corrected chi connectivity index (χ4v) is 2.29. The van der Waals surface area contributed by atoms with Gasteiger partial charge in [-0.25, -0.2) is 9.59 Å². The van der Waals surface area contributed by atoms with Crippen molar-refractivity contribution < 1.29 is 14.7 Å². The van der Waals surface area contributed by atoms with Gasteiger partial charge in [0, 0.05) is 16.4 Å². The molecule has 8 nitrogen and oxygen atoms in total. The third-order valence-corrected chi connectivity index (χ3v) is 3.32. The molecule has 2 heterocycles. The monoisotopic (exact) mass is 285 g/mol. The predicted octanol–water partition coefficient (Wildman–Crippen LogP) is 0.942.